The molecule has 0 aliphatic carbocycles. The molecule has 0 aliphatic heterocycles. The van der Waals surface area contributed by atoms with Crippen LogP contribution in [0.4, 0.5) is 0 Å². The van der Waals surface area contributed by atoms with Crippen molar-refractivity contribution < 1.29 is 9.53 Å². The molecular formula is C16H30Br2O2Si. The van der Waals surface area contributed by atoms with Gasteiger partial charge in [0.2, 0.25) is 0 Å². The van der Waals surface area contributed by atoms with E-state index < -0.39 is 0 Å². The highest BCUT2D eigenvalue weighted by molar-refractivity contribution is 9.25. The summed E-state index contributed by atoms with van der Waals surface area (Å²) in [5.41, 5.74) is 0. The molecule has 0 radical (unpaired) electrons. The Hall–Kier alpha value is 0.387. The van der Waals surface area contributed by atoms with E-state index in [0.717, 1.165) is 12.8 Å². The van der Waals surface area contributed by atoms with Gasteiger partial charge < -0.3 is 4.74 Å². The minimum Gasteiger partial charge on any atom is -0.463 e. The van der Waals surface area contributed by atoms with Crippen LogP contribution in [0.15, 0.2) is 12.7 Å². The molecule has 0 aliphatic rings. The lowest BCUT2D eigenvalue weighted by Gasteiger charge is -2.04. The first-order valence-corrected chi connectivity index (χ1v) is 11.9. The van der Waals surface area contributed by atoms with Crippen LogP contribution in [0.1, 0.15) is 64.2 Å². The Kier molecular flexibility index (Phi) is 17.1. The van der Waals surface area contributed by atoms with Crippen molar-refractivity contribution in [3.05, 3.63) is 12.7 Å². The van der Waals surface area contributed by atoms with E-state index in [1.807, 2.05) is 0 Å². The summed E-state index contributed by atoms with van der Waals surface area (Å²) in [5, 5.41) is 0. The van der Waals surface area contributed by atoms with Crippen LogP contribution >= 0.6 is 31.9 Å². The molecule has 124 valence electrons. The zero-order chi connectivity index (χ0) is 15.8. The first kappa shape index (κ1) is 21.4. The van der Waals surface area contributed by atoms with Crippen LogP contribution in [-0.4, -0.2) is 25.5 Å². The van der Waals surface area contributed by atoms with Crippen molar-refractivity contribution in [3.8, 4) is 0 Å². The summed E-state index contributed by atoms with van der Waals surface area (Å²) in [4.78, 5) is 10.8. The molecule has 0 amide bonds. The monoisotopic (exact) mass is 440 g/mol. The Bertz CT molecular complexity index is 261. The fourth-order valence-corrected chi connectivity index (χ4v) is 5.12. The predicted octanol–water partition coefficient (Wildman–Crippen LogP) is 5.28. The molecule has 0 rings (SSSR count). The van der Waals surface area contributed by atoms with Crippen molar-refractivity contribution in [2.24, 2.45) is 0 Å². The van der Waals surface area contributed by atoms with E-state index in [4.69, 9.17) is 4.74 Å². The van der Waals surface area contributed by atoms with Gasteiger partial charge in [-0.1, -0.05) is 102 Å². The Morgan fingerprint density at radius 3 is 1.90 bits per heavy atom. The van der Waals surface area contributed by atoms with Crippen molar-refractivity contribution in [2.45, 2.75) is 73.6 Å². The zero-order valence-electron chi connectivity index (χ0n) is 13.1. The number of carbonyl (C=O) groups excluding carboxylic acids is 1. The van der Waals surface area contributed by atoms with Crippen molar-refractivity contribution in [1.82, 2.24) is 0 Å². The van der Waals surface area contributed by atoms with Crippen LogP contribution in [0.25, 0.3) is 0 Å². The maximum absolute atomic E-state index is 10.8. The lowest BCUT2D eigenvalue weighted by atomic mass is 10.1. The molecule has 0 atom stereocenters. The molecule has 0 aromatic rings. The summed E-state index contributed by atoms with van der Waals surface area (Å²) in [6, 6.07) is 1.46. The SMILES string of the molecule is C=CC(=O)OCCCCCCCCCCCC[SiH2]C(Br)Br. The molecule has 21 heavy (non-hydrogen) atoms. The second-order valence-electron chi connectivity index (χ2n) is 5.44. The largest absolute Gasteiger partial charge is 0.463 e. The van der Waals surface area contributed by atoms with Gasteiger partial charge in [-0.25, -0.2) is 4.79 Å². The number of ether oxygens (including phenoxy) is 1. The number of alkyl halides is 2. The van der Waals surface area contributed by atoms with Crippen molar-refractivity contribution in [1.29, 1.82) is 0 Å². The van der Waals surface area contributed by atoms with Crippen LogP contribution in [-0.2, 0) is 9.53 Å². The van der Waals surface area contributed by atoms with Crippen molar-refractivity contribution >= 4 is 47.3 Å². The van der Waals surface area contributed by atoms with Crippen LogP contribution in [0.3, 0.4) is 0 Å². The van der Waals surface area contributed by atoms with Crippen LogP contribution in [0.5, 0.6) is 0 Å². The van der Waals surface area contributed by atoms with E-state index in [2.05, 4.69) is 38.4 Å². The van der Waals surface area contributed by atoms with E-state index in [-0.39, 0.29) is 15.5 Å². The molecule has 0 fully saturated rings. The molecule has 0 unspecified atom stereocenters. The average Bonchev–Trinajstić information content (AvgIpc) is 2.46. The normalized spacial score (nSPS) is 11.4. The van der Waals surface area contributed by atoms with Gasteiger partial charge in [0, 0.05) is 15.6 Å². The maximum atomic E-state index is 10.8. The molecule has 5 heteroatoms. The number of hydrogen-bond acceptors (Lipinski definition) is 2. The second kappa shape index (κ2) is 16.8. The fraction of sp³-hybridized carbons (Fsp3) is 0.812. The highest BCUT2D eigenvalue weighted by Gasteiger charge is 1.98. The summed E-state index contributed by atoms with van der Waals surface area (Å²) >= 11 is 7.14. The quantitative estimate of drug-likeness (QED) is 0.114. The number of hydrogen-bond donors (Lipinski definition) is 0. The summed E-state index contributed by atoms with van der Waals surface area (Å²) in [7, 11) is 0.0777. The first-order chi connectivity index (χ1) is 10.2. The van der Waals surface area contributed by atoms with Crippen molar-refractivity contribution in [2.75, 3.05) is 6.61 Å². The van der Waals surface area contributed by atoms with E-state index >= 15 is 0 Å². The van der Waals surface area contributed by atoms with Crippen LogP contribution in [0, 0.1) is 0 Å². The highest BCUT2D eigenvalue weighted by Crippen LogP contribution is 2.13. The number of unbranched alkanes of at least 4 members (excludes halogenated alkanes) is 9. The molecule has 0 saturated carbocycles. The first-order valence-electron chi connectivity index (χ1n) is 8.24. The van der Waals surface area contributed by atoms with Crippen molar-refractivity contribution in [3.63, 3.8) is 0 Å². The topological polar surface area (TPSA) is 26.3 Å². The van der Waals surface area contributed by atoms with Gasteiger partial charge in [-0.2, -0.15) is 0 Å². The standard InChI is InChI=1S/C16H30Br2O2Si/c1-2-15(19)20-13-11-9-7-5-3-4-6-8-10-12-14-21-16(17)18/h2,16H,1,3-14,21H2. The molecule has 0 spiro atoms. The van der Waals surface area contributed by atoms with E-state index in [1.165, 1.54) is 63.5 Å². The molecule has 0 aromatic carbocycles. The molecule has 0 aromatic heterocycles. The smallest absolute Gasteiger partial charge is 0.330 e. The summed E-state index contributed by atoms with van der Waals surface area (Å²) in [5.74, 6) is -0.305. The summed E-state index contributed by atoms with van der Waals surface area (Å²) in [6.45, 7) is 3.91. The van der Waals surface area contributed by atoms with E-state index in [1.54, 1.807) is 0 Å². The lowest BCUT2D eigenvalue weighted by Crippen LogP contribution is -2.01. The Morgan fingerprint density at radius 1 is 0.952 bits per heavy atom. The highest BCUT2D eigenvalue weighted by atomic mass is 79.9. The fourth-order valence-electron chi connectivity index (χ4n) is 2.22. The molecule has 0 heterocycles. The lowest BCUT2D eigenvalue weighted by molar-refractivity contribution is -0.137. The van der Waals surface area contributed by atoms with Gasteiger partial charge in [0.25, 0.3) is 0 Å². The zero-order valence-corrected chi connectivity index (χ0v) is 17.7. The minimum absolute atomic E-state index is 0.0777. The Labute approximate surface area is 149 Å². The number of esters is 1. The maximum Gasteiger partial charge on any atom is 0.330 e. The van der Waals surface area contributed by atoms with E-state index in [0.29, 0.717) is 9.97 Å². The summed E-state index contributed by atoms with van der Waals surface area (Å²) in [6.07, 6.45) is 14.3. The molecule has 0 bridgehead atoms. The molecule has 0 saturated heterocycles. The van der Waals surface area contributed by atoms with Gasteiger partial charge in [0.05, 0.1) is 9.97 Å². The van der Waals surface area contributed by atoms with Gasteiger partial charge in [0.1, 0.15) is 0 Å². The van der Waals surface area contributed by atoms with Crippen LogP contribution in [0.2, 0.25) is 6.04 Å². The van der Waals surface area contributed by atoms with Gasteiger partial charge >= 0.3 is 5.97 Å². The third kappa shape index (κ3) is 18.3. The molecule has 2 nitrogen and oxygen atoms in total. The summed E-state index contributed by atoms with van der Waals surface area (Å²) < 4.78 is 5.57. The predicted molar refractivity (Wildman–Crippen MR) is 102 cm³/mol. The number of halogens is 2. The Morgan fingerprint density at radius 2 is 1.43 bits per heavy atom. The van der Waals surface area contributed by atoms with Gasteiger partial charge in [-0.3, -0.25) is 0 Å². The number of carbonyl (C=O) groups is 1. The minimum atomic E-state index is -0.305. The molecular weight excluding hydrogens is 412 g/mol. The molecule has 0 N–H and O–H groups in total. The number of rotatable bonds is 15. The van der Waals surface area contributed by atoms with Crippen LogP contribution < -0.4 is 0 Å². The van der Waals surface area contributed by atoms with E-state index in [9.17, 15) is 4.79 Å². The average molecular weight is 442 g/mol. The van der Waals surface area contributed by atoms with Gasteiger partial charge in [-0.15, -0.1) is 0 Å². The second-order valence-corrected chi connectivity index (χ2v) is 13.4. The Balaban J connectivity index is 3.02. The van der Waals surface area contributed by atoms with Gasteiger partial charge in [-0.05, 0) is 6.42 Å². The third-order valence-electron chi connectivity index (χ3n) is 3.48. The van der Waals surface area contributed by atoms with Gasteiger partial charge in [0.15, 0.2) is 0 Å². The third-order valence-corrected chi connectivity index (χ3v) is 7.57.